The van der Waals surface area contributed by atoms with Gasteiger partial charge < -0.3 is 9.67 Å². The molecular formula is C15H18N2O3. The largest absolute Gasteiger partial charge is 0.481 e. The van der Waals surface area contributed by atoms with Crippen molar-refractivity contribution in [2.45, 2.75) is 39.7 Å². The quantitative estimate of drug-likeness (QED) is 0.851. The summed E-state index contributed by atoms with van der Waals surface area (Å²) < 4.78 is 1.93. The Labute approximate surface area is 117 Å². The highest BCUT2D eigenvalue weighted by molar-refractivity contribution is 5.97. The summed E-state index contributed by atoms with van der Waals surface area (Å²) >= 11 is 0. The van der Waals surface area contributed by atoms with E-state index in [1.165, 1.54) is 6.92 Å². The lowest BCUT2D eigenvalue weighted by Crippen LogP contribution is -2.09. The van der Waals surface area contributed by atoms with E-state index in [1.54, 1.807) is 12.1 Å². The van der Waals surface area contributed by atoms with Crippen LogP contribution in [0.5, 0.6) is 0 Å². The predicted octanol–water partition coefficient (Wildman–Crippen LogP) is 2.84. The van der Waals surface area contributed by atoms with Gasteiger partial charge in [-0.1, -0.05) is 13.8 Å². The van der Waals surface area contributed by atoms with Gasteiger partial charge in [-0.2, -0.15) is 0 Å². The zero-order chi connectivity index (χ0) is 14.9. The first-order valence-corrected chi connectivity index (χ1v) is 6.63. The summed E-state index contributed by atoms with van der Waals surface area (Å²) in [6.45, 7) is 5.94. The number of carbonyl (C=O) groups excluding carboxylic acids is 1. The molecule has 20 heavy (non-hydrogen) atoms. The molecular weight excluding hydrogens is 256 g/mol. The fraction of sp³-hybridized carbons (Fsp3) is 0.400. The molecule has 0 atom stereocenters. The van der Waals surface area contributed by atoms with Gasteiger partial charge in [0.1, 0.15) is 5.82 Å². The molecule has 1 N–H and O–H groups in total. The molecule has 0 spiro atoms. The topological polar surface area (TPSA) is 72.2 Å². The highest BCUT2D eigenvalue weighted by Gasteiger charge is 2.15. The van der Waals surface area contributed by atoms with E-state index in [9.17, 15) is 9.59 Å². The summed E-state index contributed by atoms with van der Waals surface area (Å²) in [5, 5.41) is 8.85. The van der Waals surface area contributed by atoms with Crippen molar-refractivity contribution in [3.05, 3.63) is 29.6 Å². The van der Waals surface area contributed by atoms with Gasteiger partial charge in [-0.3, -0.25) is 9.59 Å². The summed E-state index contributed by atoms with van der Waals surface area (Å²) in [6, 6.07) is 5.36. The van der Waals surface area contributed by atoms with Crippen LogP contribution in [0.25, 0.3) is 11.0 Å². The van der Waals surface area contributed by atoms with E-state index in [0.717, 1.165) is 16.9 Å². The number of nitrogens with zero attached hydrogens (tertiary/aromatic N) is 2. The van der Waals surface area contributed by atoms with Crippen molar-refractivity contribution in [3.8, 4) is 0 Å². The number of aliphatic carboxylic acids is 1. The molecule has 0 amide bonds. The van der Waals surface area contributed by atoms with Crippen molar-refractivity contribution in [1.29, 1.82) is 0 Å². The van der Waals surface area contributed by atoms with Crippen LogP contribution >= 0.6 is 0 Å². The van der Waals surface area contributed by atoms with Crippen molar-refractivity contribution in [2.75, 3.05) is 0 Å². The monoisotopic (exact) mass is 274 g/mol. The van der Waals surface area contributed by atoms with Crippen LogP contribution in [0.4, 0.5) is 0 Å². The third-order valence-electron chi connectivity index (χ3n) is 3.25. The second kappa shape index (κ2) is 5.45. The summed E-state index contributed by atoms with van der Waals surface area (Å²) in [6.07, 6.45) is 0.0552. The number of benzene rings is 1. The van der Waals surface area contributed by atoms with Crippen molar-refractivity contribution in [1.82, 2.24) is 9.55 Å². The van der Waals surface area contributed by atoms with Crippen LogP contribution in [0.15, 0.2) is 18.2 Å². The molecule has 0 aliphatic rings. The minimum absolute atomic E-state index is 0.00178. The van der Waals surface area contributed by atoms with Gasteiger partial charge in [0.2, 0.25) is 0 Å². The van der Waals surface area contributed by atoms with Crippen LogP contribution in [0.1, 0.15) is 49.3 Å². The summed E-state index contributed by atoms with van der Waals surface area (Å²) in [4.78, 5) is 26.7. The summed E-state index contributed by atoms with van der Waals surface area (Å²) in [5.41, 5.74) is 2.24. The zero-order valence-electron chi connectivity index (χ0n) is 11.9. The van der Waals surface area contributed by atoms with Crippen molar-refractivity contribution < 1.29 is 14.7 Å². The van der Waals surface area contributed by atoms with Crippen LogP contribution in [-0.4, -0.2) is 26.4 Å². The normalized spacial score (nSPS) is 11.2. The number of hydrogen-bond donors (Lipinski definition) is 1. The zero-order valence-corrected chi connectivity index (χ0v) is 11.9. The highest BCUT2D eigenvalue weighted by Crippen LogP contribution is 2.23. The van der Waals surface area contributed by atoms with E-state index in [4.69, 9.17) is 5.11 Å². The minimum Gasteiger partial charge on any atom is -0.481 e. The number of carboxylic acid groups (broad SMARTS) is 1. The number of Topliss-reactive ketones (excluding diaryl/α,β-unsaturated/α-hetero) is 1. The van der Waals surface area contributed by atoms with Crippen LogP contribution in [0, 0.1) is 0 Å². The molecule has 0 radical (unpaired) electrons. The molecule has 2 rings (SSSR count). The highest BCUT2D eigenvalue weighted by atomic mass is 16.4. The Kier molecular flexibility index (Phi) is 3.88. The number of carbonyl (C=O) groups is 2. The first-order valence-electron chi connectivity index (χ1n) is 6.63. The molecule has 106 valence electrons. The van der Waals surface area contributed by atoms with Crippen LogP contribution in [-0.2, 0) is 11.3 Å². The van der Waals surface area contributed by atoms with Gasteiger partial charge >= 0.3 is 5.97 Å². The number of imidazole rings is 1. The molecule has 1 aromatic carbocycles. The number of carboxylic acids is 1. The maximum absolute atomic E-state index is 11.4. The van der Waals surface area contributed by atoms with Crippen molar-refractivity contribution in [3.63, 3.8) is 0 Å². The van der Waals surface area contributed by atoms with E-state index >= 15 is 0 Å². The van der Waals surface area contributed by atoms with E-state index < -0.39 is 5.97 Å². The average Bonchev–Trinajstić information content (AvgIpc) is 2.73. The fourth-order valence-electron chi connectivity index (χ4n) is 2.25. The van der Waals surface area contributed by atoms with Gasteiger partial charge in [0, 0.05) is 18.0 Å². The number of aryl methyl sites for hydroxylation is 1. The van der Waals surface area contributed by atoms with Crippen LogP contribution in [0.3, 0.4) is 0 Å². The average molecular weight is 274 g/mol. The lowest BCUT2D eigenvalue weighted by atomic mass is 10.1. The van der Waals surface area contributed by atoms with E-state index in [1.807, 2.05) is 24.5 Å². The maximum atomic E-state index is 11.4. The lowest BCUT2D eigenvalue weighted by molar-refractivity contribution is -0.137. The van der Waals surface area contributed by atoms with Crippen molar-refractivity contribution in [2.24, 2.45) is 0 Å². The Morgan fingerprint density at radius 2 is 2.05 bits per heavy atom. The number of aromatic nitrogens is 2. The van der Waals surface area contributed by atoms with E-state index in [2.05, 4.69) is 4.98 Å². The van der Waals surface area contributed by atoms with E-state index in [0.29, 0.717) is 12.1 Å². The Hall–Kier alpha value is -2.17. The Morgan fingerprint density at radius 3 is 2.60 bits per heavy atom. The summed E-state index contributed by atoms with van der Waals surface area (Å²) in [5.74, 6) is 0.207. The number of ketones is 1. The van der Waals surface area contributed by atoms with Crippen LogP contribution < -0.4 is 0 Å². The van der Waals surface area contributed by atoms with Gasteiger partial charge in [0.15, 0.2) is 5.78 Å². The molecule has 2 aromatic rings. The van der Waals surface area contributed by atoms with Gasteiger partial charge in [-0.25, -0.2) is 4.98 Å². The smallest absolute Gasteiger partial charge is 0.305 e. The molecule has 5 nitrogen and oxygen atoms in total. The molecule has 0 aliphatic heterocycles. The third-order valence-corrected chi connectivity index (χ3v) is 3.25. The second-order valence-electron chi connectivity index (χ2n) is 5.18. The maximum Gasteiger partial charge on any atom is 0.305 e. The molecule has 1 heterocycles. The Bertz CT molecular complexity index is 671. The third kappa shape index (κ3) is 2.71. The SMILES string of the molecule is CC(=O)c1ccc2c(c1)nc(C(C)C)n2CCC(=O)O. The number of rotatable bonds is 5. The van der Waals surface area contributed by atoms with Gasteiger partial charge in [0.25, 0.3) is 0 Å². The molecule has 0 aliphatic carbocycles. The predicted molar refractivity (Wildman–Crippen MR) is 76.1 cm³/mol. The molecule has 0 bridgehead atoms. The molecule has 1 aromatic heterocycles. The minimum atomic E-state index is -0.832. The van der Waals surface area contributed by atoms with Crippen molar-refractivity contribution >= 4 is 22.8 Å². The fourth-order valence-corrected chi connectivity index (χ4v) is 2.25. The molecule has 0 unspecified atom stereocenters. The molecule has 0 saturated carbocycles. The lowest BCUT2D eigenvalue weighted by Gasteiger charge is -2.10. The first-order chi connectivity index (χ1) is 9.40. The number of fused-ring (bicyclic) bond motifs is 1. The molecule has 5 heteroatoms. The Balaban J connectivity index is 2.54. The second-order valence-corrected chi connectivity index (χ2v) is 5.18. The standard InChI is InChI=1S/C15H18N2O3/c1-9(2)15-16-12-8-11(10(3)18)4-5-13(12)17(15)7-6-14(19)20/h4-5,8-9H,6-7H2,1-3H3,(H,19,20). The van der Waals surface area contributed by atoms with Gasteiger partial charge in [-0.05, 0) is 25.1 Å². The Morgan fingerprint density at radius 1 is 1.35 bits per heavy atom. The van der Waals surface area contributed by atoms with Gasteiger partial charge in [-0.15, -0.1) is 0 Å². The first kappa shape index (κ1) is 14.2. The molecule has 0 saturated heterocycles. The van der Waals surface area contributed by atoms with E-state index in [-0.39, 0.29) is 18.1 Å². The molecule has 0 fully saturated rings. The number of hydrogen-bond acceptors (Lipinski definition) is 3. The summed E-state index contributed by atoms with van der Waals surface area (Å²) in [7, 11) is 0. The van der Waals surface area contributed by atoms with Gasteiger partial charge in [0.05, 0.1) is 17.5 Å². The van der Waals surface area contributed by atoms with Crippen LogP contribution in [0.2, 0.25) is 0 Å².